The van der Waals surface area contributed by atoms with Crippen molar-refractivity contribution < 1.29 is 0 Å². The topological polar surface area (TPSA) is 18.5 Å². The van der Waals surface area contributed by atoms with Crippen LogP contribution >= 0.6 is 23.6 Å². The van der Waals surface area contributed by atoms with Crippen LogP contribution in [0.25, 0.3) is 11.1 Å². The molecule has 2 heterocycles. The summed E-state index contributed by atoms with van der Waals surface area (Å²) in [5.74, 6) is 0. The molecular weight excluding hydrogens is 382 g/mol. The van der Waals surface area contributed by atoms with Gasteiger partial charge in [-0.15, -0.1) is 11.3 Å². The predicted molar refractivity (Wildman–Crippen MR) is 124 cm³/mol. The molecule has 1 saturated heterocycles. The van der Waals surface area contributed by atoms with Crippen molar-refractivity contribution in [3.63, 3.8) is 0 Å². The van der Waals surface area contributed by atoms with Crippen LogP contribution in [0.4, 0.5) is 5.69 Å². The van der Waals surface area contributed by atoms with E-state index in [-0.39, 0.29) is 0 Å². The Bertz CT molecular complexity index is 885. The molecule has 144 valence electrons. The lowest BCUT2D eigenvalue weighted by Crippen LogP contribution is -2.50. The van der Waals surface area contributed by atoms with E-state index >= 15 is 0 Å². The van der Waals surface area contributed by atoms with Gasteiger partial charge in [-0.05, 0) is 41.7 Å². The Labute approximate surface area is 176 Å². The van der Waals surface area contributed by atoms with Gasteiger partial charge in [-0.1, -0.05) is 54.6 Å². The lowest BCUT2D eigenvalue weighted by molar-refractivity contribution is 0.186. The Balaban J connectivity index is 1.33. The Morgan fingerprint density at radius 1 is 0.893 bits per heavy atom. The summed E-state index contributed by atoms with van der Waals surface area (Å²) < 4.78 is 0. The molecule has 0 atom stereocenters. The highest BCUT2D eigenvalue weighted by Gasteiger charge is 2.19. The van der Waals surface area contributed by atoms with E-state index in [0.29, 0.717) is 0 Å². The molecule has 28 heavy (non-hydrogen) atoms. The molecule has 0 radical (unpaired) electrons. The first-order valence-corrected chi connectivity index (χ1v) is 11.0. The summed E-state index contributed by atoms with van der Waals surface area (Å²) in [6.45, 7) is 5.21. The fourth-order valence-electron chi connectivity index (χ4n) is 3.55. The number of anilines is 1. The molecule has 1 aromatic heterocycles. The molecule has 1 N–H and O–H groups in total. The molecule has 0 amide bonds. The fraction of sp³-hybridized carbons (Fsp3) is 0.261. The molecule has 4 rings (SSSR count). The third kappa shape index (κ3) is 4.79. The number of piperazine rings is 1. The van der Waals surface area contributed by atoms with Crippen molar-refractivity contribution in [1.82, 2.24) is 9.80 Å². The van der Waals surface area contributed by atoms with Crippen LogP contribution < -0.4 is 5.32 Å². The van der Waals surface area contributed by atoms with Gasteiger partial charge in [-0.3, -0.25) is 4.90 Å². The monoisotopic (exact) mass is 407 g/mol. The van der Waals surface area contributed by atoms with Gasteiger partial charge in [0.2, 0.25) is 0 Å². The summed E-state index contributed by atoms with van der Waals surface area (Å²) in [6.07, 6.45) is 1.14. The minimum atomic E-state index is 0.821. The Hall–Kier alpha value is -2.21. The average molecular weight is 408 g/mol. The van der Waals surface area contributed by atoms with Crippen LogP contribution in [0.2, 0.25) is 0 Å². The van der Waals surface area contributed by atoms with Crippen LogP contribution in [-0.4, -0.2) is 47.6 Å². The van der Waals surface area contributed by atoms with Gasteiger partial charge in [-0.2, -0.15) is 0 Å². The molecule has 0 bridgehead atoms. The number of hydrogen-bond donors (Lipinski definition) is 1. The molecular formula is C23H25N3S2. The molecule has 1 aliphatic heterocycles. The van der Waals surface area contributed by atoms with Crippen molar-refractivity contribution in [2.24, 2.45) is 0 Å². The van der Waals surface area contributed by atoms with Gasteiger partial charge in [0.1, 0.15) is 0 Å². The highest BCUT2D eigenvalue weighted by atomic mass is 32.1. The average Bonchev–Trinajstić information content (AvgIpc) is 3.27. The third-order valence-corrected chi connectivity index (χ3v) is 6.46. The summed E-state index contributed by atoms with van der Waals surface area (Å²) in [7, 11) is 0. The Morgan fingerprint density at radius 3 is 2.39 bits per heavy atom. The maximum absolute atomic E-state index is 5.73. The van der Waals surface area contributed by atoms with Crippen LogP contribution in [0.15, 0.2) is 72.1 Å². The molecule has 0 unspecified atom stereocenters. The van der Waals surface area contributed by atoms with Crippen molar-refractivity contribution in [3.05, 3.63) is 77.0 Å². The lowest BCUT2D eigenvalue weighted by atomic mass is 10.0. The van der Waals surface area contributed by atoms with Crippen LogP contribution in [0.1, 0.15) is 4.88 Å². The van der Waals surface area contributed by atoms with E-state index in [0.717, 1.165) is 49.9 Å². The first-order chi connectivity index (χ1) is 13.8. The first kappa shape index (κ1) is 19.1. The molecule has 1 fully saturated rings. The second kappa shape index (κ2) is 9.32. The number of thiocarbonyl (C=S) groups is 1. The SMILES string of the molecule is S=C(Nc1ccccc1-c1ccccc1)N1CCN(CCc2cccs2)CC1. The van der Waals surface area contributed by atoms with Crippen molar-refractivity contribution in [3.8, 4) is 11.1 Å². The zero-order chi connectivity index (χ0) is 19.2. The van der Waals surface area contributed by atoms with E-state index in [1.54, 1.807) is 0 Å². The molecule has 0 aliphatic carbocycles. The summed E-state index contributed by atoms with van der Waals surface area (Å²) >= 11 is 7.58. The van der Waals surface area contributed by atoms with E-state index in [9.17, 15) is 0 Å². The molecule has 3 aromatic rings. The third-order valence-electron chi connectivity index (χ3n) is 5.17. The minimum absolute atomic E-state index is 0.821. The number of rotatable bonds is 5. The van der Waals surface area contributed by atoms with Gasteiger partial charge in [0.15, 0.2) is 5.11 Å². The Morgan fingerprint density at radius 2 is 1.64 bits per heavy atom. The summed E-state index contributed by atoms with van der Waals surface area (Å²) in [4.78, 5) is 6.30. The summed E-state index contributed by atoms with van der Waals surface area (Å²) in [5, 5.41) is 6.47. The van der Waals surface area contributed by atoms with Crippen LogP contribution in [0, 0.1) is 0 Å². The molecule has 0 spiro atoms. The number of benzene rings is 2. The van der Waals surface area contributed by atoms with E-state index < -0.39 is 0 Å². The van der Waals surface area contributed by atoms with Crippen molar-refractivity contribution >= 4 is 34.4 Å². The van der Waals surface area contributed by atoms with E-state index in [1.807, 2.05) is 17.4 Å². The standard InChI is InChI=1S/C23H25N3S2/c27-23(24-22-11-5-4-10-21(22)19-7-2-1-3-8-19)26-16-14-25(15-17-26)13-12-20-9-6-18-28-20/h1-11,18H,12-17H2,(H,24,27). The van der Waals surface area contributed by atoms with E-state index in [2.05, 4.69) is 81.2 Å². The largest absolute Gasteiger partial charge is 0.346 e. The highest BCUT2D eigenvalue weighted by molar-refractivity contribution is 7.80. The highest BCUT2D eigenvalue weighted by Crippen LogP contribution is 2.27. The van der Waals surface area contributed by atoms with Gasteiger partial charge in [0.05, 0.1) is 0 Å². The van der Waals surface area contributed by atoms with Crippen molar-refractivity contribution in [2.75, 3.05) is 38.0 Å². The van der Waals surface area contributed by atoms with Crippen molar-refractivity contribution in [2.45, 2.75) is 6.42 Å². The first-order valence-electron chi connectivity index (χ1n) is 9.75. The second-order valence-corrected chi connectivity index (χ2v) is 8.42. The normalized spacial score (nSPS) is 14.8. The van der Waals surface area contributed by atoms with Gasteiger partial charge >= 0.3 is 0 Å². The van der Waals surface area contributed by atoms with Crippen molar-refractivity contribution in [1.29, 1.82) is 0 Å². The fourth-order valence-corrected chi connectivity index (χ4v) is 4.54. The van der Waals surface area contributed by atoms with Gasteiger partial charge < -0.3 is 10.2 Å². The van der Waals surface area contributed by atoms with Gasteiger partial charge in [0.25, 0.3) is 0 Å². The maximum atomic E-state index is 5.73. The van der Waals surface area contributed by atoms with Gasteiger partial charge in [-0.25, -0.2) is 0 Å². The molecule has 2 aromatic carbocycles. The Kier molecular flexibility index (Phi) is 6.37. The smallest absolute Gasteiger partial charge is 0.173 e. The number of para-hydroxylation sites is 1. The number of hydrogen-bond acceptors (Lipinski definition) is 3. The summed E-state index contributed by atoms with van der Waals surface area (Å²) in [5.41, 5.74) is 3.45. The molecule has 3 nitrogen and oxygen atoms in total. The predicted octanol–water partition coefficient (Wildman–Crippen LogP) is 4.97. The number of thiophene rings is 1. The zero-order valence-corrected chi connectivity index (χ0v) is 17.5. The molecule has 5 heteroatoms. The number of nitrogens with one attached hydrogen (secondary N) is 1. The minimum Gasteiger partial charge on any atom is -0.346 e. The summed E-state index contributed by atoms with van der Waals surface area (Å²) in [6, 6.07) is 23.2. The van der Waals surface area contributed by atoms with Gasteiger partial charge in [0, 0.05) is 48.9 Å². The van der Waals surface area contributed by atoms with Crippen LogP contribution in [0.3, 0.4) is 0 Å². The quantitative estimate of drug-likeness (QED) is 0.602. The van der Waals surface area contributed by atoms with E-state index in [1.165, 1.54) is 16.0 Å². The zero-order valence-electron chi connectivity index (χ0n) is 15.9. The second-order valence-electron chi connectivity index (χ2n) is 7.00. The molecule has 0 saturated carbocycles. The van der Waals surface area contributed by atoms with E-state index in [4.69, 9.17) is 12.2 Å². The lowest BCUT2D eigenvalue weighted by Gasteiger charge is -2.36. The molecule has 1 aliphatic rings. The number of nitrogens with zero attached hydrogens (tertiary/aromatic N) is 2. The maximum Gasteiger partial charge on any atom is 0.173 e. The van der Waals surface area contributed by atoms with Crippen LogP contribution in [-0.2, 0) is 6.42 Å². The van der Waals surface area contributed by atoms with Crippen LogP contribution in [0.5, 0.6) is 0 Å².